The van der Waals surface area contributed by atoms with Gasteiger partial charge in [0, 0.05) is 0 Å². The Morgan fingerprint density at radius 3 is 2.48 bits per heavy atom. The van der Waals surface area contributed by atoms with Crippen LogP contribution in [0.15, 0.2) is 35.9 Å². The molecule has 0 aromatic heterocycles. The first-order valence-electron chi connectivity index (χ1n) is 7.24. The molecular formula is C17H19NO3. The number of ether oxygens (including phenoxy) is 1. The van der Waals surface area contributed by atoms with Gasteiger partial charge in [-0.2, -0.15) is 0 Å². The molecule has 0 unspecified atom stereocenters. The van der Waals surface area contributed by atoms with E-state index in [1.54, 1.807) is 7.11 Å². The summed E-state index contributed by atoms with van der Waals surface area (Å²) in [5.41, 5.74) is 2.16. The second-order valence-electron chi connectivity index (χ2n) is 5.81. The van der Waals surface area contributed by atoms with Crippen molar-refractivity contribution in [2.45, 2.75) is 26.3 Å². The maximum atomic E-state index is 12.5. The molecule has 4 nitrogen and oxygen atoms in total. The third-order valence-corrected chi connectivity index (χ3v) is 4.41. The molecule has 110 valence electrons. The van der Waals surface area contributed by atoms with Crippen LogP contribution in [0, 0.1) is 11.8 Å². The van der Waals surface area contributed by atoms with Crippen molar-refractivity contribution in [1.82, 2.24) is 4.90 Å². The molecule has 0 radical (unpaired) electrons. The fourth-order valence-corrected chi connectivity index (χ4v) is 3.18. The van der Waals surface area contributed by atoms with Crippen molar-refractivity contribution >= 4 is 11.8 Å². The van der Waals surface area contributed by atoms with Crippen molar-refractivity contribution < 1.29 is 14.3 Å². The highest BCUT2D eigenvalue weighted by molar-refractivity contribution is 6.05. The molecule has 2 amide bonds. The van der Waals surface area contributed by atoms with Gasteiger partial charge in [0.05, 0.1) is 25.5 Å². The maximum Gasteiger partial charge on any atom is 0.233 e. The Morgan fingerprint density at radius 2 is 1.81 bits per heavy atom. The first-order chi connectivity index (χ1) is 10.1. The van der Waals surface area contributed by atoms with Gasteiger partial charge in [-0.05, 0) is 37.5 Å². The Bertz CT molecular complexity index is 603. The highest BCUT2D eigenvalue weighted by Gasteiger charge is 2.47. The van der Waals surface area contributed by atoms with Crippen molar-refractivity contribution in [3.63, 3.8) is 0 Å². The van der Waals surface area contributed by atoms with Gasteiger partial charge in [0.25, 0.3) is 0 Å². The highest BCUT2D eigenvalue weighted by atomic mass is 16.5. The molecule has 1 fully saturated rings. The second-order valence-corrected chi connectivity index (χ2v) is 5.81. The van der Waals surface area contributed by atoms with Crippen LogP contribution < -0.4 is 4.74 Å². The lowest BCUT2D eigenvalue weighted by Crippen LogP contribution is -2.30. The number of hydrogen-bond donors (Lipinski definition) is 0. The van der Waals surface area contributed by atoms with Crippen LogP contribution in [0.1, 0.15) is 25.3 Å². The van der Waals surface area contributed by atoms with Crippen LogP contribution in [0.25, 0.3) is 0 Å². The van der Waals surface area contributed by atoms with Crippen LogP contribution in [0.4, 0.5) is 0 Å². The van der Waals surface area contributed by atoms with Crippen molar-refractivity contribution in [2.75, 3.05) is 7.11 Å². The lowest BCUT2D eigenvalue weighted by atomic mass is 9.82. The smallest absolute Gasteiger partial charge is 0.233 e. The number of amides is 2. The summed E-state index contributed by atoms with van der Waals surface area (Å²) in [4.78, 5) is 26.3. The molecule has 1 aromatic carbocycles. The topological polar surface area (TPSA) is 46.6 Å². The average Bonchev–Trinajstić information content (AvgIpc) is 2.73. The average molecular weight is 285 g/mol. The fourth-order valence-electron chi connectivity index (χ4n) is 3.18. The van der Waals surface area contributed by atoms with Crippen LogP contribution in [-0.4, -0.2) is 23.8 Å². The van der Waals surface area contributed by atoms with E-state index in [1.807, 2.05) is 31.2 Å². The van der Waals surface area contributed by atoms with E-state index in [1.165, 1.54) is 10.5 Å². The first-order valence-corrected chi connectivity index (χ1v) is 7.24. The number of carbonyl (C=O) groups is 2. The number of fused-ring (bicyclic) bond motifs is 1. The van der Waals surface area contributed by atoms with Crippen molar-refractivity contribution in [3.8, 4) is 5.75 Å². The molecule has 2 aliphatic rings. The predicted octanol–water partition coefficient (Wildman–Crippen LogP) is 2.54. The molecule has 1 heterocycles. The van der Waals surface area contributed by atoms with Crippen LogP contribution in [0.3, 0.4) is 0 Å². The third-order valence-electron chi connectivity index (χ3n) is 4.41. The number of benzene rings is 1. The number of methoxy groups -OCH3 is 1. The van der Waals surface area contributed by atoms with Gasteiger partial charge in [0.2, 0.25) is 11.8 Å². The summed E-state index contributed by atoms with van der Waals surface area (Å²) >= 11 is 0. The number of imide groups is 1. The Hall–Kier alpha value is -2.10. The molecule has 1 saturated heterocycles. The molecule has 0 N–H and O–H groups in total. The minimum Gasteiger partial charge on any atom is -0.497 e. The Labute approximate surface area is 124 Å². The molecule has 1 aliphatic carbocycles. The van der Waals surface area contributed by atoms with E-state index < -0.39 is 0 Å². The van der Waals surface area contributed by atoms with Crippen molar-refractivity contribution in [1.29, 1.82) is 0 Å². The largest absolute Gasteiger partial charge is 0.497 e. The van der Waals surface area contributed by atoms with Gasteiger partial charge in [-0.1, -0.05) is 23.8 Å². The quantitative estimate of drug-likeness (QED) is 0.633. The third kappa shape index (κ3) is 2.46. The predicted molar refractivity (Wildman–Crippen MR) is 78.5 cm³/mol. The van der Waals surface area contributed by atoms with Gasteiger partial charge in [0.1, 0.15) is 5.75 Å². The standard InChI is InChI=1S/C17H19NO3/c1-11-3-8-14-15(9-11)17(20)18(16(14)19)10-12-4-6-13(21-2)7-5-12/h3-7,14-15H,8-10H2,1-2H3/t14-,15+/m1/s1. The molecule has 1 aliphatic heterocycles. The summed E-state index contributed by atoms with van der Waals surface area (Å²) in [7, 11) is 1.61. The second kappa shape index (κ2) is 5.35. The number of allylic oxidation sites excluding steroid dienone is 2. The Kier molecular flexibility index (Phi) is 3.53. The van der Waals surface area contributed by atoms with Crippen LogP contribution in [-0.2, 0) is 16.1 Å². The van der Waals surface area contributed by atoms with E-state index in [0.29, 0.717) is 19.4 Å². The number of hydrogen-bond acceptors (Lipinski definition) is 3. The Morgan fingerprint density at radius 1 is 1.14 bits per heavy atom. The Balaban J connectivity index is 1.77. The number of likely N-dealkylation sites (tertiary alicyclic amines) is 1. The highest BCUT2D eigenvalue weighted by Crippen LogP contribution is 2.38. The van der Waals surface area contributed by atoms with Crippen molar-refractivity contribution in [2.24, 2.45) is 11.8 Å². The summed E-state index contributed by atoms with van der Waals surface area (Å²) in [6, 6.07) is 7.48. The molecule has 0 bridgehead atoms. The molecule has 21 heavy (non-hydrogen) atoms. The molecule has 4 heteroatoms. The summed E-state index contributed by atoms with van der Waals surface area (Å²) < 4.78 is 5.12. The van der Waals surface area contributed by atoms with Gasteiger partial charge in [-0.15, -0.1) is 0 Å². The lowest BCUT2D eigenvalue weighted by molar-refractivity contribution is -0.140. The van der Waals surface area contributed by atoms with Gasteiger partial charge in [-0.25, -0.2) is 0 Å². The monoisotopic (exact) mass is 285 g/mol. The lowest BCUT2D eigenvalue weighted by Gasteiger charge is -2.19. The van der Waals surface area contributed by atoms with E-state index in [0.717, 1.165) is 11.3 Å². The summed E-state index contributed by atoms with van der Waals surface area (Å²) in [6.45, 7) is 2.38. The summed E-state index contributed by atoms with van der Waals surface area (Å²) in [5, 5.41) is 0. The summed E-state index contributed by atoms with van der Waals surface area (Å²) in [6.07, 6.45) is 3.50. The number of carbonyl (C=O) groups excluding carboxylic acids is 2. The van der Waals surface area contributed by atoms with E-state index in [4.69, 9.17) is 4.74 Å². The van der Waals surface area contributed by atoms with Gasteiger partial charge in [0.15, 0.2) is 0 Å². The molecule has 0 saturated carbocycles. The normalized spacial score (nSPS) is 24.9. The van der Waals surface area contributed by atoms with Gasteiger partial charge >= 0.3 is 0 Å². The van der Waals surface area contributed by atoms with Crippen molar-refractivity contribution in [3.05, 3.63) is 41.5 Å². The van der Waals surface area contributed by atoms with Crippen LogP contribution in [0.5, 0.6) is 5.75 Å². The molecule has 3 rings (SSSR count). The zero-order valence-corrected chi connectivity index (χ0v) is 12.3. The maximum absolute atomic E-state index is 12.5. The van der Waals surface area contributed by atoms with E-state index >= 15 is 0 Å². The zero-order valence-electron chi connectivity index (χ0n) is 12.3. The van der Waals surface area contributed by atoms with E-state index in [9.17, 15) is 9.59 Å². The molecular weight excluding hydrogens is 266 g/mol. The first kappa shape index (κ1) is 13.9. The van der Waals surface area contributed by atoms with Crippen LogP contribution in [0.2, 0.25) is 0 Å². The van der Waals surface area contributed by atoms with Gasteiger partial charge in [-0.3, -0.25) is 14.5 Å². The fraction of sp³-hybridized carbons (Fsp3) is 0.412. The molecule has 0 spiro atoms. The minimum atomic E-state index is -0.153. The van der Waals surface area contributed by atoms with Gasteiger partial charge < -0.3 is 4.74 Å². The molecule has 2 atom stereocenters. The summed E-state index contributed by atoms with van der Waals surface area (Å²) in [5.74, 6) is 0.421. The van der Waals surface area contributed by atoms with Crippen LogP contribution >= 0.6 is 0 Å². The SMILES string of the molecule is COc1ccc(CN2C(=O)[C@H]3CC(C)=CC[C@H]3C2=O)cc1. The van der Waals surface area contributed by atoms with E-state index in [2.05, 4.69) is 6.08 Å². The van der Waals surface area contributed by atoms with E-state index in [-0.39, 0.29) is 23.7 Å². The minimum absolute atomic E-state index is 0.0201. The molecule has 1 aromatic rings. The number of nitrogens with zero attached hydrogens (tertiary/aromatic N) is 1. The number of rotatable bonds is 3. The zero-order chi connectivity index (χ0) is 15.0.